The standard InChI is InChI=1S/C21H30O2/c1-5-6-7-8-15-12-18(22)20-16-11-14(2)9-10-17(16)21(3,4)23-19(20)13-15/h11-13,16-17,22H,5-10H2,1-4H3/t16-,17-/m1/s1/i1D3. The summed E-state index contributed by atoms with van der Waals surface area (Å²) in [6.07, 6.45) is 6.91. The number of rotatable bonds is 4. The third kappa shape index (κ3) is 3.13. The maximum atomic E-state index is 10.7. The molecule has 23 heavy (non-hydrogen) atoms. The number of phenols is 1. The molecule has 0 aromatic heterocycles. The van der Waals surface area contributed by atoms with E-state index in [4.69, 9.17) is 8.85 Å². The molecule has 2 aliphatic rings. The van der Waals surface area contributed by atoms with Crippen molar-refractivity contribution in [3.05, 3.63) is 34.9 Å². The molecule has 0 unspecified atom stereocenters. The molecule has 2 atom stereocenters. The van der Waals surface area contributed by atoms with Crippen LogP contribution in [0.5, 0.6) is 11.5 Å². The summed E-state index contributed by atoms with van der Waals surface area (Å²) in [4.78, 5) is 0. The number of unbranched alkanes of at least 4 members (excludes halogenated alkanes) is 1. The first-order chi connectivity index (χ1) is 12.1. The van der Waals surface area contributed by atoms with Crippen LogP contribution in [-0.4, -0.2) is 10.7 Å². The van der Waals surface area contributed by atoms with Gasteiger partial charge < -0.3 is 9.84 Å². The third-order valence-corrected chi connectivity index (χ3v) is 5.42. The molecule has 0 spiro atoms. The molecule has 0 saturated carbocycles. The SMILES string of the molecule is [2H]C([2H])([2H])CCCCc1cc(O)c2c(c1)OC(C)(C)[C@@H]1CCC(C)=C[C@@H]21. The van der Waals surface area contributed by atoms with Gasteiger partial charge in [-0.15, -0.1) is 0 Å². The van der Waals surface area contributed by atoms with E-state index >= 15 is 0 Å². The van der Waals surface area contributed by atoms with E-state index in [0.717, 1.165) is 42.6 Å². The molecule has 0 saturated heterocycles. The second kappa shape index (κ2) is 6.22. The maximum absolute atomic E-state index is 10.7. The van der Waals surface area contributed by atoms with E-state index in [-0.39, 0.29) is 17.9 Å². The molecular weight excluding hydrogens is 284 g/mol. The largest absolute Gasteiger partial charge is 0.507 e. The van der Waals surface area contributed by atoms with Crippen LogP contribution < -0.4 is 4.74 Å². The number of hydrogen-bond donors (Lipinski definition) is 1. The summed E-state index contributed by atoms with van der Waals surface area (Å²) in [5, 5.41) is 10.7. The number of aromatic hydroxyl groups is 1. The fourth-order valence-corrected chi connectivity index (χ4v) is 4.18. The highest BCUT2D eigenvalue weighted by molar-refractivity contribution is 5.53. The van der Waals surface area contributed by atoms with Crippen molar-refractivity contribution in [3.63, 3.8) is 0 Å². The van der Waals surface area contributed by atoms with Crippen molar-refractivity contribution in [2.24, 2.45) is 5.92 Å². The molecule has 1 aromatic carbocycles. The maximum Gasteiger partial charge on any atom is 0.127 e. The Bertz CT molecular complexity index is 704. The summed E-state index contributed by atoms with van der Waals surface area (Å²) in [6, 6.07) is 3.88. The molecule has 0 amide bonds. The van der Waals surface area contributed by atoms with Gasteiger partial charge in [0, 0.05) is 21.5 Å². The number of aryl methyl sites for hydroxylation is 1. The fraction of sp³-hybridized carbons (Fsp3) is 0.619. The molecule has 3 rings (SSSR count). The molecule has 1 N–H and O–H groups in total. The lowest BCUT2D eigenvalue weighted by Gasteiger charge is -2.46. The average Bonchev–Trinajstić information content (AvgIpc) is 2.49. The number of benzene rings is 1. The van der Waals surface area contributed by atoms with Gasteiger partial charge in [-0.25, -0.2) is 0 Å². The second-order valence-electron chi connectivity index (χ2n) is 7.62. The van der Waals surface area contributed by atoms with E-state index < -0.39 is 6.85 Å². The average molecular weight is 317 g/mol. The van der Waals surface area contributed by atoms with Gasteiger partial charge >= 0.3 is 0 Å². The predicted octanol–water partition coefficient (Wildman–Crippen LogP) is 5.74. The monoisotopic (exact) mass is 317 g/mol. The topological polar surface area (TPSA) is 29.5 Å². The normalized spacial score (nSPS) is 27.6. The van der Waals surface area contributed by atoms with Gasteiger partial charge in [0.2, 0.25) is 0 Å². The number of fused-ring (bicyclic) bond motifs is 3. The van der Waals surface area contributed by atoms with Gasteiger partial charge in [-0.1, -0.05) is 31.3 Å². The molecular formula is C21H30O2. The van der Waals surface area contributed by atoms with Crippen molar-refractivity contribution in [1.29, 1.82) is 0 Å². The molecule has 1 aliphatic carbocycles. The summed E-state index contributed by atoms with van der Waals surface area (Å²) < 4.78 is 28.2. The Balaban J connectivity index is 1.83. The summed E-state index contributed by atoms with van der Waals surface area (Å²) in [5.41, 5.74) is 3.04. The Morgan fingerprint density at radius 3 is 2.96 bits per heavy atom. The molecule has 1 aliphatic heterocycles. The van der Waals surface area contributed by atoms with E-state index in [0.29, 0.717) is 18.1 Å². The first kappa shape index (κ1) is 12.9. The van der Waals surface area contributed by atoms with Gasteiger partial charge in [-0.2, -0.15) is 0 Å². The van der Waals surface area contributed by atoms with Gasteiger partial charge in [0.15, 0.2) is 0 Å². The first-order valence-corrected chi connectivity index (χ1v) is 8.79. The second-order valence-corrected chi connectivity index (χ2v) is 7.62. The van der Waals surface area contributed by atoms with Crippen LogP contribution in [0.25, 0.3) is 0 Å². The fourth-order valence-electron chi connectivity index (χ4n) is 4.18. The van der Waals surface area contributed by atoms with Crippen LogP contribution in [0.4, 0.5) is 0 Å². The van der Waals surface area contributed by atoms with Crippen molar-refractivity contribution in [1.82, 2.24) is 0 Å². The first-order valence-electron chi connectivity index (χ1n) is 10.3. The molecule has 2 nitrogen and oxygen atoms in total. The minimum Gasteiger partial charge on any atom is -0.507 e. The van der Waals surface area contributed by atoms with Crippen LogP contribution in [-0.2, 0) is 6.42 Å². The Hall–Kier alpha value is -1.44. The number of allylic oxidation sites excluding steroid dienone is 2. The van der Waals surface area contributed by atoms with Gasteiger partial charge in [0.1, 0.15) is 17.1 Å². The zero-order valence-corrected chi connectivity index (χ0v) is 14.5. The lowest BCUT2D eigenvalue weighted by atomic mass is 9.68. The highest BCUT2D eigenvalue weighted by Gasteiger charge is 2.45. The van der Waals surface area contributed by atoms with E-state index in [2.05, 4.69) is 26.8 Å². The van der Waals surface area contributed by atoms with Crippen molar-refractivity contribution in [2.45, 2.75) is 77.7 Å². The van der Waals surface area contributed by atoms with Gasteiger partial charge in [0.25, 0.3) is 0 Å². The Morgan fingerprint density at radius 2 is 2.17 bits per heavy atom. The number of ether oxygens (including phenoxy) is 1. The molecule has 1 aromatic rings. The predicted molar refractivity (Wildman–Crippen MR) is 95.3 cm³/mol. The van der Waals surface area contributed by atoms with E-state index in [1.165, 1.54) is 5.57 Å². The van der Waals surface area contributed by atoms with Crippen LogP contribution in [0.2, 0.25) is 0 Å². The van der Waals surface area contributed by atoms with Crippen molar-refractivity contribution in [3.8, 4) is 11.5 Å². The lowest BCUT2D eigenvalue weighted by molar-refractivity contribution is 0.0107. The minimum atomic E-state index is -1.86. The van der Waals surface area contributed by atoms with E-state index in [1.54, 1.807) is 0 Å². The van der Waals surface area contributed by atoms with Crippen LogP contribution in [0, 0.1) is 5.92 Å². The minimum absolute atomic E-state index is 0.201. The smallest absolute Gasteiger partial charge is 0.127 e. The summed E-state index contributed by atoms with van der Waals surface area (Å²) >= 11 is 0. The highest BCUT2D eigenvalue weighted by Crippen LogP contribution is 2.53. The molecule has 1 heterocycles. The quantitative estimate of drug-likeness (QED) is 0.567. The van der Waals surface area contributed by atoms with E-state index in [9.17, 15) is 5.11 Å². The molecule has 0 radical (unpaired) electrons. The molecule has 0 fully saturated rings. The molecule has 126 valence electrons. The zero-order valence-electron chi connectivity index (χ0n) is 17.5. The van der Waals surface area contributed by atoms with Crippen LogP contribution in [0.1, 0.15) is 80.9 Å². The Labute approximate surface area is 144 Å². The third-order valence-electron chi connectivity index (χ3n) is 5.42. The van der Waals surface area contributed by atoms with Crippen molar-refractivity contribution >= 4 is 0 Å². The highest BCUT2D eigenvalue weighted by atomic mass is 16.5. The van der Waals surface area contributed by atoms with Crippen LogP contribution in [0.3, 0.4) is 0 Å². The lowest BCUT2D eigenvalue weighted by Crippen LogP contribution is -2.45. The number of hydrogen-bond acceptors (Lipinski definition) is 2. The van der Waals surface area contributed by atoms with Gasteiger partial charge in [-0.05, 0) is 64.2 Å². The summed E-state index contributed by atoms with van der Waals surface area (Å²) in [7, 11) is 0. The van der Waals surface area contributed by atoms with Crippen LogP contribution >= 0.6 is 0 Å². The van der Waals surface area contributed by atoms with Crippen LogP contribution in [0.15, 0.2) is 23.8 Å². The molecule has 0 bridgehead atoms. The van der Waals surface area contributed by atoms with Gasteiger partial charge in [0.05, 0.1) is 0 Å². The Kier molecular flexibility index (Phi) is 3.49. The van der Waals surface area contributed by atoms with Crippen molar-refractivity contribution in [2.75, 3.05) is 0 Å². The zero-order chi connectivity index (χ0) is 19.1. The van der Waals surface area contributed by atoms with E-state index in [1.807, 2.05) is 12.1 Å². The molecule has 2 heteroatoms. The number of phenolic OH excluding ortho intramolecular Hbond substituents is 1. The summed E-state index contributed by atoms with van der Waals surface area (Å²) in [6.45, 7) is 4.59. The summed E-state index contributed by atoms with van der Waals surface area (Å²) in [5.74, 6) is 1.67. The van der Waals surface area contributed by atoms with Crippen molar-refractivity contribution < 1.29 is 14.0 Å². The van der Waals surface area contributed by atoms with Gasteiger partial charge in [-0.3, -0.25) is 0 Å². The Morgan fingerprint density at radius 1 is 1.35 bits per heavy atom.